The number of nitrogens with one attached hydrogen (secondary N) is 1. The number of hydrogen-bond acceptors (Lipinski definition) is 3. The maximum atomic E-state index is 6.09. The second-order valence-electron chi connectivity index (χ2n) is 5.16. The summed E-state index contributed by atoms with van der Waals surface area (Å²) in [5.41, 5.74) is 1.99. The smallest absolute Gasteiger partial charge is 0.124 e. The van der Waals surface area contributed by atoms with Crippen LogP contribution < -0.4 is 10.1 Å². The van der Waals surface area contributed by atoms with Crippen LogP contribution in [0.1, 0.15) is 24.0 Å². The summed E-state index contributed by atoms with van der Waals surface area (Å²) in [6, 6.07) is 8.19. The van der Waals surface area contributed by atoms with Gasteiger partial charge in [0.2, 0.25) is 0 Å². The van der Waals surface area contributed by atoms with Crippen LogP contribution in [0, 0.1) is 0 Å². The Kier molecular flexibility index (Phi) is 4.63. The van der Waals surface area contributed by atoms with Crippen LogP contribution in [-0.4, -0.2) is 11.0 Å². The monoisotopic (exact) mass is 322 g/mol. The van der Waals surface area contributed by atoms with Gasteiger partial charge in [-0.1, -0.05) is 23.2 Å². The Morgan fingerprint density at radius 1 is 1.19 bits per heavy atom. The van der Waals surface area contributed by atoms with E-state index in [2.05, 4.69) is 10.3 Å². The summed E-state index contributed by atoms with van der Waals surface area (Å²) < 4.78 is 5.90. The molecule has 0 amide bonds. The summed E-state index contributed by atoms with van der Waals surface area (Å²) in [4.78, 5) is 3.97. The van der Waals surface area contributed by atoms with Crippen molar-refractivity contribution in [1.82, 2.24) is 10.3 Å². The van der Waals surface area contributed by atoms with E-state index in [-0.39, 0.29) is 0 Å². The summed E-state index contributed by atoms with van der Waals surface area (Å²) in [6.45, 7) is 1.18. The molecule has 21 heavy (non-hydrogen) atoms. The fourth-order valence-corrected chi connectivity index (χ4v) is 2.41. The number of aromatic nitrogens is 1. The molecule has 0 unspecified atom stereocenters. The molecule has 1 fully saturated rings. The standard InChI is InChI=1S/C16H16Cl2N2O/c17-13-1-4-16(12(7-13)8-20-14-2-3-14)21-10-11-5-6-19-9-15(11)18/h1,4-7,9,14,20H,2-3,8,10H2. The fraction of sp³-hybridized carbons (Fsp3) is 0.312. The first-order chi connectivity index (χ1) is 10.2. The molecule has 1 heterocycles. The Bertz CT molecular complexity index is 629. The van der Waals surface area contributed by atoms with Gasteiger partial charge in [-0.15, -0.1) is 0 Å². The van der Waals surface area contributed by atoms with Crippen molar-refractivity contribution in [2.24, 2.45) is 0 Å². The predicted octanol–water partition coefficient (Wildman–Crippen LogP) is 4.22. The molecule has 1 saturated carbocycles. The average molecular weight is 323 g/mol. The Hall–Kier alpha value is -1.29. The van der Waals surface area contributed by atoms with Gasteiger partial charge < -0.3 is 10.1 Å². The Balaban J connectivity index is 1.70. The number of rotatable bonds is 6. The van der Waals surface area contributed by atoms with E-state index < -0.39 is 0 Å². The number of ether oxygens (including phenoxy) is 1. The van der Waals surface area contributed by atoms with Crippen molar-refractivity contribution >= 4 is 23.2 Å². The Morgan fingerprint density at radius 3 is 2.81 bits per heavy atom. The number of hydrogen-bond donors (Lipinski definition) is 1. The predicted molar refractivity (Wildman–Crippen MR) is 84.9 cm³/mol. The maximum absolute atomic E-state index is 6.09. The van der Waals surface area contributed by atoms with Gasteiger partial charge in [0.05, 0.1) is 5.02 Å². The third-order valence-electron chi connectivity index (χ3n) is 3.42. The first-order valence-electron chi connectivity index (χ1n) is 6.95. The topological polar surface area (TPSA) is 34.1 Å². The molecule has 0 atom stereocenters. The molecule has 1 N–H and O–H groups in total. The van der Waals surface area contributed by atoms with E-state index in [1.165, 1.54) is 12.8 Å². The van der Waals surface area contributed by atoms with Crippen LogP contribution in [0.4, 0.5) is 0 Å². The molecule has 0 bridgehead atoms. The molecule has 0 radical (unpaired) electrons. The second kappa shape index (κ2) is 6.65. The Labute approximate surface area is 134 Å². The van der Waals surface area contributed by atoms with Crippen LogP contribution in [0.2, 0.25) is 10.0 Å². The van der Waals surface area contributed by atoms with Crippen molar-refractivity contribution in [3.05, 3.63) is 57.8 Å². The average Bonchev–Trinajstić information content (AvgIpc) is 3.30. The van der Waals surface area contributed by atoms with E-state index in [0.29, 0.717) is 17.7 Å². The molecule has 3 nitrogen and oxygen atoms in total. The van der Waals surface area contributed by atoms with Gasteiger partial charge in [-0.05, 0) is 37.1 Å². The van der Waals surface area contributed by atoms with Gasteiger partial charge in [0.1, 0.15) is 12.4 Å². The lowest BCUT2D eigenvalue weighted by Crippen LogP contribution is -2.16. The molecular formula is C16H16Cl2N2O. The molecule has 110 valence electrons. The molecular weight excluding hydrogens is 307 g/mol. The lowest BCUT2D eigenvalue weighted by atomic mass is 10.2. The number of nitrogens with zero attached hydrogens (tertiary/aromatic N) is 1. The van der Waals surface area contributed by atoms with Crippen LogP contribution >= 0.6 is 23.2 Å². The lowest BCUT2D eigenvalue weighted by Gasteiger charge is -2.13. The lowest BCUT2D eigenvalue weighted by molar-refractivity contribution is 0.302. The van der Waals surface area contributed by atoms with E-state index >= 15 is 0 Å². The zero-order chi connectivity index (χ0) is 14.7. The largest absolute Gasteiger partial charge is 0.489 e. The van der Waals surface area contributed by atoms with Gasteiger partial charge in [0.25, 0.3) is 0 Å². The molecule has 1 aromatic carbocycles. The quantitative estimate of drug-likeness (QED) is 0.864. The summed E-state index contributed by atoms with van der Waals surface area (Å²) in [5.74, 6) is 0.834. The maximum Gasteiger partial charge on any atom is 0.124 e. The van der Waals surface area contributed by atoms with Crippen LogP contribution in [0.15, 0.2) is 36.7 Å². The zero-order valence-electron chi connectivity index (χ0n) is 11.5. The summed E-state index contributed by atoms with van der Waals surface area (Å²) in [6.07, 6.45) is 5.84. The minimum atomic E-state index is 0.416. The second-order valence-corrected chi connectivity index (χ2v) is 6.01. The minimum absolute atomic E-state index is 0.416. The van der Waals surface area contributed by atoms with Crippen molar-refractivity contribution in [2.75, 3.05) is 0 Å². The first kappa shape index (κ1) is 14.6. The van der Waals surface area contributed by atoms with Gasteiger partial charge in [0.15, 0.2) is 0 Å². The summed E-state index contributed by atoms with van der Waals surface area (Å²) >= 11 is 12.2. The number of pyridine rings is 1. The molecule has 2 aromatic rings. The highest BCUT2D eigenvalue weighted by Gasteiger charge is 2.20. The van der Waals surface area contributed by atoms with E-state index in [9.17, 15) is 0 Å². The molecule has 1 aliphatic rings. The van der Waals surface area contributed by atoms with Gasteiger partial charge >= 0.3 is 0 Å². The van der Waals surface area contributed by atoms with Crippen LogP contribution in [0.25, 0.3) is 0 Å². The van der Waals surface area contributed by atoms with Crippen LogP contribution in [0.3, 0.4) is 0 Å². The molecule has 0 aliphatic heterocycles. The van der Waals surface area contributed by atoms with Crippen molar-refractivity contribution in [2.45, 2.75) is 32.0 Å². The normalized spacial score (nSPS) is 14.2. The van der Waals surface area contributed by atoms with E-state index in [4.69, 9.17) is 27.9 Å². The molecule has 1 aromatic heterocycles. The first-order valence-corrected chi connectivity index (χ1v) is 7.71. The summed E-state index contributed by atoms with van der Waals surface area (Å²) in [7, 11) is 0. The van der Waals surface area contributed by atoms with Crippen LogP contribution in [-0.2, 0) is 13.2 Å². The van der Waals surface area contributed by atoms with Gasteiger partial charge in [0, 0.05) is 41.1 Å². The third-order valence-corrected chi connectivity index (χ3v) is 4.00. The summed E-state index contributed by atoms with van der Waals surface area (Å²) in [5, 5.41) is 4.81. The van der Waals surface area contributed by atoms with Gasteiger partial charge in [-0.25, -0.2) is 0 Å². The highest BCUT2D eigenvalue weighted by molar-refractivity contribution is 6.31. The number of halogens is 2. The third kappa shape index (κ3) is 4.10. The van der Waals surface area contributed by atoms with E-state index in [1.54, 1.807) is 12.4 Å². The van der Waals surface area contributed by atoms with Crippen LogP contribution in [0.5, 0.6) is 5.75 Å². The fourth-order valence-electron chi connectivity index (χ4n) is 2.05. The molecule has 5 heteroatoms. The van der Waals surface area contributed by atoms with Crippen molar-refractivity contribution in [1.29, 1.82) is 0 Å². The molecule has 3 rings (SSSR count). The number of benzene rings is 1. The SMILES string of the molecule is Clc1ccc(OCc2ccncc2Cl)c(CNC2CC2)c1. The zero-order valence-corrected chi connectivity index (χ0v) is 13.0. The Morgan fingerprint density at radius 2 is 2.05 bits per heavy atom. The molecule has 1 aliphatic carbocycles. The van der Waals surface area contributed by atoms with Crippen molar-refractivity contribution < 1.29 is 4.74 Å². The highest BCUT2D eigenvalue weighted by atomic mass is 35.5. The molecule has 0 saturated heterocycles. The van der Waals surface area contributed by atoms with E-state index in [0.717, 1.165) is 28.4 Å². The van der Waals surface area contributed by atoms with Crippen molar-refractivity contribution in [3.63, 3.8) is 0 Å². The van der Waals surface area contributed by atoms with E-state index in [1.807, 2.05) is 24.3 Å². The van der Waals surface area contributed by atoms with Gasteiger partial charge in [-0.3, -0.25) is 4.98 Å². The minimum Gasteiger partial charge on any atom is -0.489 e. The highest BCUT2D eigenvalue weighted by Crippen LogP contribution is 2.26. The molecule has 0 spiro atoms. The van der Waals surface area contributed by atoms with Crippen molar-refractivity contribution in [3.8, 4) is 5.75 Å². The van der Waals surface area contributed by atoms with Gasteiger partial charge in [-0.2, -0.15) is 0 Å².